The molecule has 0 bridgehead atoms. The van der Waals surface area contributed by atoms with Crippen molar-refractivity contribution in [1.29, 1.82) is 0 Å². The van der Waals surface area contributed by atoms with Crippen LogP contribution in [-0.4, -0.2) is 81.6 Å². The second-order valence-corrected chi connectivity index (χ2v) is 9.52. The molecule has 2 N–H and O–H groups in total. The standard InChI is InChI=1S/C24H25F4N7OS/c1-33-14-10-17(16(25)15-33)31-18-9-6-13-35-21(18)32-20(23(35)37-24(26,27)28)8-5-12-30-34(2)22(36)19-7-3-4-11-29-19/h3-4,6-7,9,11,13,16-17,30-31H,10,12,14-15H2,1-2H3/t16-,17+/m0/s1. The fraction of sp³-hybridized carbons (Fsp3) is 0.375. The largest absolute Gasteiger partial charge is 0.447 e. The highest BCUT2D eigenvalue weighted by Gasteiger charge is 2.33. The first kappa shape index (κ1) is 26.7. The Hall–Kier alpha value is -3.34. The number of hydrazine groups is 1. The van der Waals surface area contributed by atoms with E-state index in [0.717, 1.165) is 0 Å². The molecule has 0 radical (unpaired) electrons. The van der Waals surface area contributed by atoms with Crippen molar-refractivity contribution in [3.63, 3.8) is 0 Å². The lowest BCUT2D eigenvalue weighted by molar-refractivity contribution is -0.0330. The predicted molar refractivity (Wildman–Crippen MR) is 133 cm³/mol. The topological polar surface area (TPSA) is 77.8 Å². The Kier molecular flexibility index (Phi) is 8.21. The summed E-state index contributed by atoms with van der Waals surface area (Å²) in [7, 11) is 3.33. The van der Waals surface area contributed by atoms with E-state index < -0.39 is 17.7 Å². The third-order valence-electron chi connectivity index (χ3n) is 5.70. The van der Waals surface area contributed by atoms with E-state index in [-0.39, 0.29) is 52.8 Å². The molecule has 1 saturated heterocycles. The van der Waals surface area contributed by atoms with Gasteiger partial charge in [-0.1, -0.05) is 12.0 Å². The molecule has 196 valence electrons. The van der Waals surface area contributed by atoms with Gasteiger partial charge in [-0.25, -0.2) is 14.8 Å². The Balaban J connectivity index is 1.55. The van der Waals surface area contributed by atoms with Crippen molar-refractivity contribution in [3.05, 3.63) is 54.1 Å². The molecule has 0 unspecified atom stereocenters. The summed E-state index contributed by atoms with van der Waals surface area (Å²) in [5, 5.41) is 4.12. The van der Waals surface area contributed by atoms with E-state index in [1.54, 1.807) is 30.3 Å². The van der Waals surface area contributed by atoms with Gasteiger partial charge in [-0.05, 0) is 43.7 Å². The van der Waals surface area contributed by atoms with Gasteiger partial charge in [-0.3, -0.25) is 19.2 Å². The van der Waals surface area contributed by atoms with Crippen LogP contribution in [0.5, 0.6) is 0 Å². The van der Waals surface area contributed by atoms with Crippen molar-refractivity contribution in [3.8, 4) is 11.8 Å². The Morgan fingerprint density at radius 1 is 1.30 bits per heavy atom. The maximum absolute atomic E-state index is 14.6. The quantitative estimate of drug-likeness (QED) is 0.217. The van der Waals surface area contributed by atoms with Crippen LogP contribution in [0, 0.1) is 11.8 Å². The van der Waals surface area contributed by atoms with Crippen LogP contribution >= 0.6 is 11.8 Å². The molecular weight excluding hydrogens is 510 g/mol. The van der Waals surface area contributed by atoms with Gasteiger partial charge in [0.15, 0.2) is 5.65 Å². The number of thioether (sulfide) groups is 1. The minimum atomic E-state index is -4.57. The fourth-order valence-corrected chi connectivity index (χ4v) is 4.54. The van der Waals surface area contributed by atoms with Gasteiger partial charge in [0.25, 0.3) is 5.91 Å². The Morgan fingerprint density at radius 3 is 2.81 bits per heavy atom. The van der Waals surface area contributed by atoms with E-state index in [0.29, 0.717) is 18.7 Å². The van der Waals surface area contributed by atoms with Crippen LogP contribution in [0.2, 0.25) is 0 Å². The molecule has 37 heavy (non-hydrogen) atoms. The van der Waals surface area contributed by atoms with E-state index in [2.05, 4.69) is 32.6 Å². The number of carbonyl (C=O) groups is 1. The summed E-state index contributed by atoms with van der Waals surface area (Å²) in [6.45, 7) is 0.945. The maximum atomic E-state index is 14.6. The van der Waals surface area contributed by atoms with Gasteiger partial charge in [-0.2, -0.15) is 13.2 Å². The molecule has 0 aromatic carbocycles. The second-order valence-electron chi connectivity index (χ2n) is 8.46. The van der Waals surface area contributed by atoms with Gasteiger partial charge < -0.3 is 10.2 Å². The van der Waals surface area contributed by atoms with Crippen molar-refractivity contribution in [2.75, 3.05) is 39.0 Å². The SMILES string of the molecule is CN1CC[C@@H](Nc2cccn3c(SC(F)(F)F)c(C#CCNN(C)C(=O)c4ccccn4)nc23)[C@@H](F)C1. The highest BCUT2D eigenvalue weighted by atomic mass is 32.2. The number of fused-ring (bicyclic) bond motifs is 1. The Morgan fingerprint density at radius 2 is 2.11 bits per heavy atom. The highest BCUT2D eigenvalue weighted by molar-refractivity contribution is 8.00. The number of anilines is 1. The minimum absolute atomic E-state index is 0.0245. The zero-order valence-electron chi connectivity index (χ0n) is 20.1. The number of imidazole rings is 1. The molecule has 1 aliphatic heterocycles. The van der Waals surface area contributed by atoms with Crippen LogP contribution in [-0.2, 0) is 0 Å². The van der Waals surface area contributed by atoms with Crippen LogP contribution in [0.1, 0.15) is 22.6 Å². The van der Waals surface area contributed by atoms with Gasteiger partial charge in [-0.15, -0.1) is 0 Å². The van der Waals surface area contributed by atoms with E-state index >= 15 is 0 Å². The van der Waals surface area contributed by atoms with Crippen molar-refractivity contribution in [2.45, 2.75) is 29.2 Å². The molecular formula is C24H25F4N7OS. The first-order chi connectivity index (χ1) is 17.6. The molecule has 13 heteroatoms. The van der Waals surface area contributed by atoms with Crippen molar-refractivity contribution in [1.82, 2.24) is 29.7 Å². The number of pyridine rings is 2. The van der Waals surface area contributed by atoms with Gasteiger partial charge in [0.1, 0.15) is 22.6 Å². The molecule has 3 aromatic heterocycles. The number of alkyl halides is 4. The summed E-state index contributed by atoms with van der Waals surface area (Å²) >= 11 is -0.318. The number of hydrogen-bond acceptors (Lipinski definition) is 7. The molecule has 1 amide bonds. The molecule has 1 fully saturated rings. The van der Waals surface area contributed by atoms with Crippen molar-refractivity contribution >= 4 is 29.0 Å². The van der Waals surface area contributed by atoms with E-state index in [9.17, 15) is 22.4 Å². The Bertz CT molecular complexity index is 1310. The average Bonchev–Trinajstić information content (AvgIpc) is 3.20. The molecule has 0 saturated carbocycles. The van der Waals surface area contributed by atoms with Crippen molar-refractivity contribution < 1.29 is 22.4 Å². The lowest BCUT2D eigenvalue weighted by Gasteiger charge is -2.33. The van der Waals surface area contributed by atoms with E-state index in [1.165, 1.54) is 28.9 Å². The first-order valence-corrected chi connectivity index (χ1v) is 12.2. The van der Waals surface area contributed by atoms with Gasteiger partial charge in [0, 0.05) is 44.3 Å². The summed E-state index contributed by atoms with van der Waals surface area (Å²) in [5.74, 6) is 5.01. The number of aromatic nitrogens is 3. The molecule has 2 atom stereocenters. The van der Waals surface area contributed by atoms with Gasteiger partial charge in [0.05, 0.1) is 18.3 Å². The summed E-state index contributed by atoms with van der Waals surface area (Å²) < 4.78 is 56.0. The van der Waals surface area contributed by atoms with Crippen LogP contribution in [0.4, 0.5) is 23.2 Å². The molecule has 4 rings (SSSR count). The van der Waals surface area contributed by atoms with E-state index in [1.807, 2.05) is 11.9 Å². The smallest absolute Gasteiger partial charge is 0.376 e. The molecule has 0 aliphatic carbocycles. The van der Waals surface area contributed by atoms with Crippen LogP contribution in [0.3, 0.4) is 0 Å². The number of hydrogen-bond donors (Lipinski definition) is 2. The number of carbonyl (C=O) groups excluding carboxylic acids is 1. The summed E-state index contributed by atoms with van der Waals surface area (Å²) in [6.07, 6.45) is 2.38. The number of nitrogens with zero attached hydrogens (tertiary/aromatic N) is 5. The molecule has 4 heterocycles. The molecule has 8 nitrogen and oxygen atoms in total. The number of rotatable bonds is 6. The Labute approximate surface area is 215 Å². The summed E-state index contributed by atoms with van der Waals surface area (Å²) in [4.78, 5) is 22.6. The van der Waals surface area contributed by atoms with Crippen molar-refractivity contribution in [2.24, 2.45) is 0 Å². The van der Waals surface area contributed by atoms with E-state index in [4.69, 9.17) is 0 Å². The maximum Gasteiger partial charge on any atom is 0.447 e. The van der Waals surface area contributed by atoms with Crippen LogP contribution < -0.4 is 10.7 Å². The molecule has 1 aliphatic rings. The van der Waals surface area contributed by atoms with Crippen LogP contribution in [0.25, 0.3) is 5.65 Å². The number of piperidine rings is 1. The van der Waals surface area contributed by atoms with Crippen LogP contribution in [0.15, 0.2) is 47.8 Å². The number of halogens is 4. The lowest BCUT2D eigenvalue weighted by Crippen LogP contribution is -2.46. The number of likely N-dealkylation sites (tertiary alicyclic amines) is 1. The highest BCUT2D eigenvalue weighted by Crippen LogP contribution is 2.39. The zero-order valence-corrected chi connectivity index (χ0v) is 20.9. The predicted octanol–water partition coefficient (Wildman–Crippen LogP) is 3.42. The summed E-state index contributed by atoms with van der Waals surface area (Å²) in [5.41, 5.74) is -0.985. The molecule has 0 spiro atoms. The third kappa shape index (κ3) is 6.71. The van der Waals surface area contributed by atoms with Gasteiger partial charge in [0.2, 0.25) is 0 Å². The zero-order chi connectivity index (χ0) is 26.6. The second kappa shape index (κ2) is 11.4. The molecule has 3 aromatic rings. The average molecular weight is 536 g/mol. The number of amides is 1. The first-order valence-electron chi connectivity index (χ1n) is 11.4. The third-order valence-corrected chi connectivity index (χ3v) is 6.52. The monoisotopic (exact) mass is 535 g/mol. The lowest BCUT2D eigenvalue weighted by atomic mass is 10.0. The minimum Gasteiger partial charge on any atom is -0.376 e. The fourth-order valence-electron chi connectivity index (χ4n) is 3.89. The normalized spacial score (nSPS) is 18.3. The number of nitrogens with one attached hydrogen (secondary N) is 2. The van der Waals surface area contributed by atoms with Gasteiger partial charge >= 0.3 is 5.51 Å². The summed E-state index contributed by atoms with van der Waals surface area (Å²) in [6, 6.07) is 7.69.